The molecule has 1 fully saturated rings. The first kappa shape index (κ1) is 12.0. The van der Waals surface area contributed by atoms with Gasteiger partial charge < -0.3 is 5.11 Å². The topological polar surface area (TPSA) is 20.2 Å². The molecule has 1 aliphatic carbocycles. The summed E-state index contributed by atoms with van der Waals surface area (Å²) < 4.78 is 0. The third-order valence-corrected chi connectivity index (χ3v) is 3.32. The number of rotatable bonds is 4. The molecule has 1 rings (SSSR count). The van der Waals surface area contributed by atoms with Crippen molar-refractivity contribution in [1.29, 1.82) is 0 Å². The largest absolute Gasteiger partial charge is 0.393 e. The predicted octanol–water partition coefficient (Wildman–Crippen LogP) is 3.75. The SMILES string of the molecule is CC(C)CC(O)CC1CCCCCC1. The molecular weight excluding hydrogens is 172 g/mol. The predicted molar refractivity (Wildman–Crippen MR) is 61.3 cm³/mol. The Labute approximate surface area is 88.9 Å². The van der Waals surface area contributed by atoms with E-state index in [-0.39, 0.29) is 6.10 Å². The summed E-state index contributed by atoms with van der Waals surface area (Å²) in [5.41, 5.74) is 0. The Kier molecular flexibility index (Phi) is 5.54. The van der Waals surface area contributed by atoms with Crippen molar-refractivity contribution in [1.82, 2.24) is 0 Å². The standard InChI is InChI=1S/C13H26O/c1-11(2)9-13(14)10-12-7-5-3-4-6-8-12/h11-14H,3-10H2,1-2H3. The molecule has 84 valence electrons. The zero-order valence-electron chi connectivity index (χ0n) is 9.84. The Morgan fingerprint density at radius 2 is 1.64 bits per heavy atom. The van der Waals surface area contributed by atoms with Crippen molar-refractivity contribution < 1.29 is 5.11 Å². The van der Waals surface area contributed by atoms with Crippen LogP contribution in [0.5, 0.6) is 0 Å². The molecule has 1 unspecified atom stereocenters. The highest BCUT2D eigenvalue weighted by molar-refractivity contribution is 4.69. The maximum atomic E-state index is 9.86. The van der Waals surface area contributed by atoms with Gasteiger partial charge in [0.2, 0.25) is 0 Å². The molecule has 0 radical (unpaired) electrons. The maximum Gasteiger partial charge on any atom is 0.0545 e. The normalized spacial score (nSPS) is 22.3. The fourth-order valence-electron chi connectivity index (χ4n) is 2.62. The number of aliphatic hydroxyl groups is 1. The molecule has 0 aromatic rings. The Morgan fingerprint density at radius 3 is 2.14 bits per heavy atom. The van der Waals surface area contributed by atoms with Crippen molar-refractivity contribution in [2.45, 2.75) is 71.3 Å². The number of hydrogen-bond donors (Lipinski definition) is 1. The van der Waals surface area contributed by atoms with Gasteiger partial charge in [-0.1, -0.05) is 52.4 Å². The minimum Gasteiger partial charge on any atom is -0.393 e. The third kappa shape index (κ3) is 4.99. The second kappa shape index (κ2) is 6.44. The molecule has 0 aromatic heterocycles. The molecule has 1 atom stereocenters. The first-order chi connectivity index (χ1) is 6.68. The fraction of sp³-hybridized carbons (Fsp3) is 1.00. The van der Waals surface area contributed by atoms with Crippen LogP contribution < -0.4 is 0 Å². The van der Waals surface area contributed by atoms with Gasteiger partial charge in [-0.05, 0) is 24.7 Å². The molecule has 0 bridgehead atoms. The van der Waals surface area contributed by atoms with Crippen molar-refractivity contribution in [3.05, 3.63) is 0 Å². The van der Waals surface area contributed by atoms with Gasteiger partial charge in [0.15, 0.2) is 0 Å². The van der Waals surface area contributed by atoms with Crippen LogP contribution in [-0.2, 0) is 0 Å². The van der Waals surface area contributed by atoms with Crippen molar-refractivity contribution in [2.24, 2.45) is 11.8 Å². The second-order valence-corrected chi connectivity index (χ2v) is 5.38. The molecule has 0 heterocycles. The maximum absolute atomic E-state index is 9.86. The average Bonchev–Trinajstić information content (AvgIpc) is 2.31. The monoisotopic (exact) mass is 198 g/mol. The quantitative estimate of drug-likeness (QED) is 0.682. The van der Waals surface area contributed by atoms with Crippen LogP contribution >= 0.6 is 0 Å². The minimum atomic E-state index is -0.0434. The zero-order chi connectivity index (χ0) is 10.4. The van der Waals surface area contributed by atoms with E-state index in [0.29, 0.717) is 5.92 Å². The molecule has 1 N–H and O–H groups in total. The lowest BCUT2D eigenvalue weighted by molar-refractivity contribution is 0.115. The van der Waals surface area contributed by atoms with E-state index in [1.54, 1.807) is 0 Å². The summed E-state index contributed by atoms with van der Waals surface area (Å²) >= 11 is 0. The van der Waals surface area contributed by atoms with Gasteiger partial charge in [-0.25, -0.2) is 0 Å². The highest BCUT2D eigenvalue weighted by atomic mass is 16.3. The van der Waals surface area contributed by atoms with Gasteiger partial charge in [0.1, 0.15) is 0 Å². The van der Waals surface area contributed by atoms with Crippen molar-refractivity contribution >= 4 is 0 Å². The van der Waals surface area contributed by atoms with E-state index in [4.69, 9.17) is 0 Å². The fourth-order valence-corrected chi connectivity index (χ4v) is 2.62. The molecular formula is C13H26O. The van der Waals surface area contributed by atoms with Crippen LogP contribution in [0.1, 0.15) is 65.2 Å². The van der Waals surface area contributed by atoms with Gasteiger partial charge in [0.25, 0.3) is 0 Å². The van der Waals surface area contributed by atoms with Crippen molar-refractivity contribution in [3.63, 3.8) is 0 Å². The van der Waals surface area contributed by atoms with Gasteiger partial charge >= 0.3 is 0 Å². The lowest BCUT2D eigenvalue weighted by atomic mass is 9.91. The number of hydrogen-bond acceptors (Lipinski definition) is 1. The van der Waals surface area contributed by atoms with E-state index in [9.17, 15) is 5.11 Å². The summed E-state index contributed by atoms with van der Waals surface area (Å²) in [4.78, 5) is 0. The van der Waals surface area contributed by atoms with E-state index in [1.807, 2.05) is 0 Å². The Balaban J connectivity index is 2.20. The summed E-state index contributed by atoms with van der Waals surface area (Å²) in [6.45, 7) is 4.38. The molecule has 1 heteroatoms. The summed E-state index contributed by atoms with van der Waals surface area (Å²) in [5, 5.41) is 9.86. The van der Waals surface area contributed by atoms with Gasteiger partial charge in [-0.3, -0.25) is 0 Å². The van der Waals surface area contributed by atoms with E-state index < -0.39 is 0 Å². The second-order valence-electron chi connectivity index (χ2n) is 5.38. The van der Waals surface area contributed by atoms with Crippen LogP contribution in [0.15, 0.2) is 0 Å². The minimum absolute atomic E-state index is 0.0434. The highest BCUT2D eigenvalue weighted by Crippen LogP contribution is 2.27. The van der Waals surface area contributed by atoms with Crippen LogP contribution in [0.3, 0.4) is 0 Å². The molecule has 0 aliphatic heterocycles. The number of aliphatic hydroxyl groups excluding tert-OH is 1. The van der Waals surface area contributed by atoms with E-state index >= 15 is 0 Å². The van der Waals surface area contributed by atoms with Gasteiger partial charge in [0.05, 0.1) is 6.10 Å². The van der Waals surface area contributed by atoms with E-state index in [0.717, 1.165) is 18.8 Å². The summed E-state index contributed by atoms with van der Waals surface area (Å²) in [5.74, 6) is 1.45. The van der Waals surface area contributed by atoms with Crippen LogP contribution in [0.25, 0.3) is 0 Å². The first-order valence-corrected chi connectivity index (χ1v) is 6.36. The van der Waals surface area contributed by atoms with E-state index in [1.165, 1.54) is 38.5 Å². The summed E-state index contributed by atoms with van der Waals surface area (Å²) in [6, 6.07) is 0. The molecule has 0 amide bonds. The summed E-state index contributed by atoms with van der Waals surface area (Å²) in [7, 11) is 0. The van der Waals surface area contributed by atoms with E-state index in [2.05, 4.69) is 13.8 Å². The Bertz CT molecular complexity index is 134. The average molecular weight is 198 g/mol. The van der Waals surface area contributed by atoms with Gasteiger partial charge in [-0.15, -0.1) is 0 Å². The lowest BCUT2D eigenvalue weighted by Crippen LogP contribution is -2.15. The molecule has 1 saturated carbocycles. The van der Waals surface area contributed by atoms with Crippen LogP contribution in [0.4, 0.5) is 0 Å². The third-order valence-electron chi connectivity index (χ3n) is 3.32. The molecule has 0 spiro atoms. The van der Waals surface area contributed by atoms with Gasteiger partial charge in [-0.2, -0.15) is 0 Å². The molecule has 1 aliphatic rings. The molecule has 14 heavy (non-hydrogen) atoms. The Hall–Kier alpha value is -0.0400. The van der Waals surface area contributed by atoms with Crippen molar-refractivity contribution in [3.8, 4) is 0 Å². The first-order valence-electron chi connectivity index (χ1n) is 6.36. The van der Waals surface area contributed by atoms with Crippen LogP contribution in [0.2, 0.25) is 0 Å². The van der Waals surface area contributed by atoms with Crippen LogP contribution in [0, 0.1) is 11.8 Å². The highest BCUT2D eigenvalue weighted by Gasteiger charge is 2.16. The molecule has 0 aromatic carbocycles. The molecule has 0 saturated heterocycles. The summed E-state index contributed by atoms with van der Waals surface area (Å²) in [6.07, 6.45) is 10.3. The van der Waals surface area contributed by atoms with Crippen LogP contribution in [-0.4, -0.2) is 11.2 Å². The van der Waals surface area contributed by atoms with Gasteiger partial charge in [0, 0.05) is 0 Å². The Morgan fingerprint density at radius 1 is 1.07 bits per heavy atom. The van der Waals surface area contributed by atoms with Crippen molar-refractivity contribution in [2.75, 3.05) is 0 Å². The smallest absolute Gasteiger partial charge is 0.0545 e. The zero-order valence-corrected chi connectivity index (χ0v) is 9.84. The lowest BCUT2D eigenvalue weighted by Gasteiger charge is -2.19. The molecule has 1 nitrogen and oxygen atoms in total.